The van der Waals surface area contributed by atoms with Crippen molar-refractivity contribution in [3.63, 3.8) is 0 Å². The van der Waals surface area contributed by atoms with Crippen LogP contribution in [-0.2, 0) is 28.6 Å². The van der Waals surface area contributed by atoms with Crippen molar-refractivity contribution in [1.29, 1.82) is 0 Å². The van der Waals surface area contributed by atoms with Crippen LogP contribution in [0.15, 0.2) is 0 Å². The van der Waals surface area contributed by atoms with Crippen LogP contribution >= 0.6 is 0 Å². The third-order valence-corrected chi connectivity index (χ3v) is 13.7. The zero-order chi connectivity index (χ0) is 46.7. The maximum atomic E-state index is 12.8. The molecule has 0 rings (SSSR count). The van der Waals surface area contributed by atoms with Crippen LogP contribution in [0.25, 0.3) is 0 Å². The highest BCUT2D eigenvalue weighted by Gasteiger charge is 2.19. The zero-order valence-electron chi connectivity index (χ0n) is 43.8. The normalized spacial score (nSPS) is 12.4. The molecule has 6 heteroatoms. The summed E-state index contributed by atoms with van der Waals surface area (Å²) in [6.45, 7) is 9.06. The molecule has 0 aromatic rings. The van der Waals surface area contributed by atoms with E-state index in [4.69, 9.17) is 14.2 Å². The second-order valence-corrected chi connectivity index (χ2v) is 20.2. The fourth-order valence-electron chi connectivity index (χ4n) is 8.89. The van der Waals surface area contributed by atoms with Gasteiger partial charge in [0.2, 0.25) is 0 Å². The van der Waals surface area contributed by atoms with Crippen molar-refractivity contribution in [2.75, 3.05) is 13.2 Å². The van der Waals surface area contributed by atoms with Crippen molar-refractivity contribution in [3.05, 3.63) is 0 Å². The van der Waals surface area contributed by atoms with Gasteiger partial charge in [0, 0.05) is 19.3 Å². The van der Waals surface area contributed by atoms with E-state index >= 15 is 0 Å². The van der Waals surface area contributed by atoms with Gasteiger partial charge in [0.15, 0.2) is 6.10 Å². The van der Waals surface area contributed by atoms with E-state index in [0.717, 1.165) is 63.7 Å². The quantitative estimate of drug-likeness (QED) is 0.0344. The Kier molecular flexibility index (Phi) is 51.1. The summed E-state index contributed by atoms with van der Waals surface area (Å²) in [7, 11) is 0. The lowest BCUT2D eigenvalue weighted by Gasteiger charge is -2.18. The molecule has 0 aliphatic heterocycles. The van der Waals surface area contributed by atoms with Gasteiger partial charge < -0.3 is 14.2 Å². The lowest BCUT2D eigenvalue weighted by atomic mass is 9.99. The molecule has 0 aliphatic rings. The predicted octanol–water partition coefficient (Wildman–Crippen LogP) is 19.0. The number of hydrogen-bond donors (Lipinski definition) is 0. The van der Waals surface area contributed by atoms with Crippen molar-refractivity contribution in [1.82, 2.24) is 0 Å². The van der Waals surface area contributed by atoms with E-state index in [1.165, 1.54) is 225 Å². The molecule has 64 heavy (non-hydrogen) atoms. The second-order valence-electron chi connectivity index (χ2n) is 20.2. The first kappa shape index (κ1) is 62.4. The molecule has 0 amide bonds. The van der Waals surface area contributed by atoms with Crippen molar-refractivity contribution < 1.29 is 28.6 Å². The molecular formula is C58H112O6. The number of hydrogen-bond acceptors (Lipinski definition) is 6. The molecule has 0 radical (unpaired) electrons. The Bertz CT molecular complexity index is 966. The van der Waals surface area contributed by atoms with Gasteiger partial charge in [0.25, 0.3) is 0 Å². The van der Waals surface area contributed by atoms with Gasteiger partial charge in [-0.15, -0.1) is 0 Å². The first-order valence-electron chi connectivity index (χ1n) is 28.9. The average molecular weight is 906 g/mol. The monoisotopic (exact) mass is 905 g/mol. The van der Waals surface area contributed by atoms with E-state index < -0.39 is 6.10 Å². The fourth-order valence-corrected chi connectivity index (χ4v) is 8.89. The molecular weight excluding hydrogens is 793 g/mol. The first-order chi connectivity index (χ1) is 31.4. The Balaban J connectivity index is 4.26. The van der Waals surface area contributed by atoms with Crippen LogP contribution in [0.2, 0.25) is 0 Å². The molecule has 0 N–H and O–H groups in total. The maximum Gasteiger partial charge on any atom is 0.306 e. The van der Waals surface area contributed by atoms with Gasteiger partial charge in [-0.3, -0.25) is 14.4 Å². The molecule has 0 spiro atoms. The Labute approximate surface area is 399 Å². The highest BCUT2D eigenvalue weighted by Crippen LogP contribution is 2.18. The van der Waals surface area contributed by atoms with Gasteiger partial charge in [-0.05, 0) is 25.2 Å². The van der Waals surface area contributed by atoms with Crippen molar-refractivity contribution in [2.45, 2.75) is 336 Å². The summed E-state index contributed by atoms with van der Waals surface area (Å²) in [5.74, 6) is 0.00976. The van der Waals surface area contributed by atoms with Gasteiger partial charge in [-0.2, -0.15) is 0 Å². The number of ether oxygens (including phenoxy) is 3. The van der Waals surface area contributed by atoms with Crippen LogP contribution in [-0.4, -0.2) is 37.2 Å². The fraction of sp³-hybridized carbons (Fsp3) is 0.948. The molecule has 0 fully saturated rings. The molecule has 0 heterocycles. The van der Waals surface area contributed by atoms with Crippen LogP contribution in [0, 0.1) is 5.92 Å². The second kappa shape index (κ2) is 52.4. The Hall–Kier alpha value is -1.59. The van der Waals surface area contributed by atoms with E-state index in [-0.39, 0.29) is 31.1 Å². The van der Waals surface area contributed by atoms with E-state index in [2.05, 4.69) is 27.7 Å². The predicted molar refractivity (Wildman–Crippen MR) is 275 cm³/mol. The molecule has 0 aliphatic carbocycles. The minimum absolute atomic E-state index is 0.0623. The van der Waals surface area contributed by atoms with Crippen molar-refractivity contribution in [2.24, 2.45) is 5.92 Å². The summed E-state index contributed by atoms with van der Waals surface area (Å²) in [4.78, 5) is 38.1. The van der Waals surface area contributed by atoms with E-state index in [1.807, 2.05) is 0 Å². The van der Waals surface area contributed by atoms with Gasteiger partial charge in [-0.25, -0.2) is 0 Å². The van der Waals surface area contributed by atoms with Gasteiger partial charge >= 0.3 is 17.9 Å². The molecule has 0 saturated heterocycles. The molecule has 380 valence electrons. The molecule has 1 unspecified atom stereocenters. The first-order valence-corrected chi connectivity index (χ1v) is 28.9. The maximum absolute atomic E-state index is 12.8. The number of unbranched alkanes of at least 4 members (excludes halogenated alkanes) is 39. The molecule has 0 bridgehead atoms. The zero-order valence-corrected chi connectivity index (χ0v) is 43.8. The Morgan fingerprint density at radius 3 is 0.812 bits per heavy atom. The third-order valence-electron chi connectivity index (χ3n) is 13.7. The summed E-state index contributed by atoms with van der Waals surface area (Å²) in [6.07, 6.45) is 56.6. The smallest absolute Gasteiger partial charge is 0.306 e. The Morgan fingerprint density at radius 1 is 0.312 bits per heavy atom. The summed E-state index contributed by atoms with van der Waals surface area (Å²) < 4.78 is 16.9. The molecule has 0 aromatic carbocycles. The van der Waals surface area contributed by atoms with Crippen LogP contribution < -0.4 is 0 Å². The minimum atomic E-state index is -0.762. The number of carbonyl (C=O) groups excluding carboxylic acids is 3. The van der Waals surface area contributed by atoms with Crippen LogP contribution in [0.4, 0.5) is 0 Å². The average Bonchev–Trinajstić information content (AvgIpc) is 3.29. The standard InChI is InChI=1S/C58H112O6/c1-5-8-10-12-14-16-18-20-22-23-24-25-27-28-30-32-37-41-45-49-56(59)62-52-55(53-63-57(60)50-46-42-38-35-34-36-40-44-48-54(4)7-3)64-58(61)51-47-43-39-33-31-29-26-21-19-17-15-13-11-9-6-2/h54-55H,5-53H2,1-4H3/t54?,55-/m1/s1. The highest BCUT2D eigenvalue weighted by molar-refractivity contribution is 5.71. The van der Waals surface area contributed by atoms with Crippen LogP contribution in [0.5, 0.6) is 0 Å². The SMILES string of the molecule is CCCCCCCCCCCCCCCCCCCCCC(=O)OC[C@H](COC(=O)CCCCCCCCCCC(C)CC)OC(=O)CCCCCCCCCCCCCCCCC. The third kappa shape index (κ3) is 49.8. The van der Waals surface area contributed by atoms with Gasteiger partial charge in [0.05, 0.1) is 0 Å². The summed E-state index contributed by atoms with van der Waals surface area (Å²) in [5.41, 5.74) is 0. The summed E-state index contributed by atoms with van der Waals surface area (Å²) in [6, 6.07) is 0. The van der Waals surface area contributed by atoms with E-state index in [0.29, 0.717) is 19.3 Å². The lowest BCUT2D eigenvalue weighted by Crippen LogP contribution is -2.30. The highest BCUT2D eigenvalue weighted by atomic mass is 16.6. The number of carbonyl (C=O) groups is 3. The topological polar surface area (TPSA) is 78.9 Å². The Morgan fingerprint density at radius 2 is 0.547 bits per heavy atom. The van der Waals surface area contributed by atoms with E-state index in [1.54, 1.807) is 0 Å². The van der Waals surface area contributed by atoms with Crippen LogP contribution in [0.1, 0.15) is 329 Å². The van der Waals surface area contributed by atoms with Gasteiger partial charge in [0.1, 0.15) is 13.2 Å². The summed E-state index contributed by atoms with van der Waals surface area (Å²) >= 11 is 0. The summed E-state index contributed by atoms with van der Waals surface area (Å²) in [5, 5.41) is 0. The number of rotatable bonds is 53. The molecule has 2 atom stereocenters. The van der Waals surface area contributed by atoms with Gasteiger partial charge in [-0.1, -0.05) is 291 Å². The minimum Gasteiger partial charge on any atom is -0.462 e. The lowest BCUT2D eigenvalue weighted by molar-refractivity contribution is -0.167. The molecule has 6 nitrogen and oxygen atoms in total. The largest absolute Gasteiger partial charge is 0.462 e. The van der Waals surface area contributed by atoms with E-state index in [9.17, 15) is 14.4 Å². The molecule has 0 saturated carbocycles. The molecule has 0 aromatic heterocycles. The van der Waals surface area contributed by atoms with Crippen molar-refractivity contribution >= 4 is 17.9 Å². The van der Waals surface area contributed by atoms with Crippen molar-refractivity contribution in [3.8, 4) is 0 Å². The number of esters is 3. The van der Waals surface area contributed by atoms with Crippen LogP contribution in [0.3, 0.4) is 0 Å².